The highest BCUT2D eigenvalue weighted by Gasteiger charge is 2.07. The topological polar surface area (TPSA) is 80.4 Å². The van der Waals surface area contributed by atoms with Gasteiger partial charge in [0.2, 0.25) is 0 Å². The Bertz CT molecular complexity index is 479. The number of fused-ring (bicyclic) bond motifs is 1. The fraction of sp³-hybridized carbons (Fsp3) is 0.455. The summed E-state index contributed by atoms with van der Waals surface area (Å²) in [4.78, 5) is 10.6. The molecule has 17 heavy (non-hydrogen) atoms. The van der Waals surface area contributed by atoms with Crippen molar-refractivity contribution in [3.63, 3.8) is 0 Å². The molecule has 0 saturated carbocycles. The molecule has 6 heteroatoms. The Balaban J connectivity index is 0.000000581. The van der Waals surface area contributed by atoms with E-state index in [2.05, 4.69) is 15.3 Å². The van der Waals surface area contributed by atoms with Gasteiger partial charge in [-0.1, -0.05) is 27.7 Å². The highest BCUT2D eigenvalue weighted by atomic mass is 16.4. The lowest BCUT2D eigenvalue weighted by atomic mass is 10.3. The van der Waals surface area contributed by atoms with E-state index in [1.54, 1.807) is 6.92 Å². The van der Waals surface area contributed by atoms with Gasteiger partial charge >= 0.3 is 5.97 Å². The Hall–Kier alpha value is -1.98. The highest BCUT2D eigenvalue weighted by Crippen LogP contribution is 2.03. The molecule has 0 saturated heterocycles. The Morgan fingerprint density at radius 1 is 1.24 bits per heavy atom. The zero-order chi connectivity index (χ0) is 13.4. The third-order valence-electron chi connectivity index (χ3n) is 1.66. The molecule has 2 aromatic heterocycles. The van der Waals surface area contributed by atoms with Crippen LogP contribution in [0.2, 0.25) is 0 Å². The summed E-state index contributed by atoms with van der Waals surface area (Å²) in [6, 6.07) is 1.43. The Morgan fingerprint density at radius 2 is 1.82 bits per heavy atom. The molecule has 2 aromatic rings. The molecular formula is C11H18N4O2. The van der Waals surface area contributed by atoms with Gasteiger partial charge in [0.15, 0.2) is 11.5 Å². The quantitative estimate of drug-likeness (QED) is 0.823. The fourth-order valence-corrected chi connectivity index (χ4v) is 1.02. The summed E-state index contributed by atoms with van der Waals surface area (Å²) in [5, 5.41) is 20.0. The molecule has 1 N–H and O–H groups in total. The fourth-order valence-electron chi connectivity index (χ4n) is 1.02. The number of aryl methyl sites for hydroxylation is 1. The highest BCUT2D eigenvalue weighted by molar-refractivity contribution is 5.88. The van der Waals surface area contributed by atoms with Crippen LogP contribution in [-0.2, 0) is 0 Å². The van der Waals surface area contributed by atoms with Crippen molar-refractivity contribution in [2.45, 2.75) is 34.6 Å². The number of carbonyl (C=O) groups is 1. The predicted octanol–water partition coefficient (Wildman–Crippen LogP) is 2.18. The Morgan fingerprint density at radius 3 is 2.35 bits per heavy atom. The first-order valence-electron chi connectivity index (χ1n) is 5.60. The molecule has 0 bridgehead atoms. The largest absolute Gasteiger partial charge is 0.478 e. The van der Waals surface area contributed by atoms with E-state index in [-0.39, 0.29) is 5.56 Å². The van der Waals surface area contributed by atoms with Gasteiger partial charge in [-0.3, -0.25) is 0 Å². The molecule has 0 amide bonds. The van der Waals surface area contributed by atoms with Gasteiger partial charge in [0.1, 0.15) is 0 Å². The van der Waals surface area contributed by atoms with Crippen LogP contribution in [0.4, 0.5) is 0 Å². The first kappa shape index (κ1) is 15.0. The maximum atomic E-state index is 10.6. The van der Waals surface area contributed by atoms with Crippen LogP contribution < -0.4 is 0 Å². The average Bonchev–Trinajstić information content (AvgIpc) is 2.75. The van der Waals surface area contributed by atoms with E-state index in [0.717, 1.165) is 0 Å². The summed E-state index contributed by atoms with van der Waals surface area (Å²) >= 11 is 0. The first-order chi connectivity index (χ1) is 8.18. The number of nitrogens with zero attached hydrogens (tertiary/aromatic N) is 4. The van der Waals surface area contributed by atoms with Crippen LogP contribution in [0.3, 0.4) is 0 Å². The zero-order valence-corrected chi connectivity index (χ0v) is 10.8. The Labute approximate surface area is 100 Å². The maximum Gasteiger partial charge on any atom is 0.337 e. The smallest absolute Gasteiger partial charge is 0.337 e. The number of rotatable bonds is 1. The van der Waals surface area contributed by atoms with Crippen molar-refractivity contribution in [1.82, 2.24) is 19.8 Å². The second kappa shape index (κ2) is 7.32. The minimum Gasteiger partial charge on any atom is -0.478 e. The van der Waals surface area contributed by atoms with Crippen molar-refractivity contribution in [3.05, 3.63) is 23.7 Å². The van der Waals surface area contributed by atoms with Crippen LogP contribution in [0.25, 0.3) is 5.65 Å². The second-order valence-electron chi connectivity index (χ2n) is 2.57. The monoisotopic (exact) mass is 238 g/mol. The second-order valence-corrected chi connectivity index (χ2v) is 2.57. The van der Waals surface area contributed by atoms with Crippen LogP contribution in [0, 0.1) is 6.92 Å². The Kier molecular flexibility index (Phi) is 6.47. The lowest BCUT2D eigenvalue weighted by molar-refractivity contribution is 0.0696. The van der Waals surface area contributed by atoms with E-state index in [1.165, 1.54) is 16.8 Å². The molecule has 0 spiro atoms. The van der Waals surface area contributed by atoms with E-state index >= 15 is 0 Å². The van der Waals surface area contributed by atoms with Crippen LogP contribution >= 0.6 is 0 Å². The molecule has 0 radical (unpaired) electrons. The predicted molar refractivity (Wildman–Crippen MR) is 65.2 cm³/mol. The summed E-state index contributed by atoms with van der Waals surface area (Å²) in [6.45, 7) is 9.74. The number of hydrogen-bond acceptors (Lipinski definition) is 4. The molecule has 0 atom stereocenters. The first-order valence-corrected chi connectivity index (χ1v) is 5.60. The molecule has 0 aliphatic rings. The minimum absolute atomic E-state index is 0.111. The van der Waals surface area contributed by atoms with E-state index < -0.39 is 5.97 Å². The molecule has 94 valence electrons. The minimum atomic E-state index is -1.02. The number of hydrogen-bond donors (Lipinski definition) is 1. The van der Waals surface area contributed by atoms with E-state index in [4.69, 9.17) is 5.11 Å². The normalized spacial score (nSPS) is 8.76. The lowest BCUT2D eigenvalue weighted by Gasteiger charge is -1.94. The van der Waals surface area contributed by atoms with Crippen molar-refractivity contribution < 1.29 is 9.90 Å². The van der Waals surface area contributed by atoms with Crippen LogP contribution in [0.5, 0.6) is 0 Å². The van der Waals surface area contributed by atoms with Gasteiger partial charge < -0.3 is 5.11 Å². The SMILES string of the molecule is CC.CC.Cc1nnc2cc(C(=O)O)cnn12. The number of aromatic nitrogens is 4. The van der Waals surface area contributed by atoms with Gasteiger partial charge in [-0.2, -0.15) is 9.61 Å². The van der Waals surface area contributed by atoms with E-state index in [1.807, 2.05) is 27.7 Å². The van der Waals surface area contributed by atoms with Gasteiger partial charge in [0, 0.05) is 6.07 Å². The van der Waals surface area contributed by atoms with Crippen molar-refractivity contribution >= 4 is 11.6 Å². The van der Waals surface area contributed by atoms with Crippen molar-refractivity contribution in [2.24, 2.45) is 0 Å². The number of carboxylic acid groups (broad SMARTS) is 1. The standard InChI is InChI=1S/C7H6N4O2.2C2H6/c1-4-9-10-6-2-5(7(12)13)3-8-11(4)6;2*1-2/h2-3H,1H3,(H,12,13);2*1-2H3. The molecule has 0 aliphatic heterocycles. The average molecular weight is 238 g/mol. The lowest BCUT2D eigenvalue weighted by Crippen LogP contribution is -2.01. The van der Waals surface area contributed by atoms with Gasteiger partial charge in [0.25, 0.3) is 0 Å². The van der Waals surface area contributed by atoms with Crippen LogP contribution in [-0.4, -0.2) is 30.9 Å². The molecule has 6 nitrogen and oxygen atoms in total. The third-order valence-corrected chi connectivity index (χ3v) is 1.66. The summed E-state index contributed by atoms with van der Waals surface area (Å²) in [7, 11) is 0. The molecule has 2 rings (SSSR count). The summed E-state index contributed by atoms with van der Waals surface area (Å²) in [6.07, 6.45) is 1.27. The van der Waals surface area contributed by atoms with Crippen molar-refractivity contribution in [2.75, 3.05) is 0 Å². The molecular weight excluding hydrogens is 220 g/mol. The summed E-state index contributed by atoms with van der Waals surface area (Å²) in [5.41, 5.74) is 0.553. The number of carboxylic acids is 1. The van der Waals surface area contributed by atoms with Gasteiger partial charge in [-0.05, 0) is 6.92 Å². The third kappa shape index (κ3) is 3.51. The molecule has 0 aromatic carbocycles. The summed E-state index contributed by atoms with van der Waals surface area (Å²) < 4.78 is 1.48. The molecule has 0 unspecified atom stereocenters. The summed E-state index contributed by atoms with van der Waals surface area (Å²) in [5.74, 6) is -0.386. The zero-order valence-electron chi connectivity index (χ0n) is 10.8. The van der Waals surface area contributed by atoms with Gasteiger partial charge in [0.05, 0.1) is 11.8 Å². The van der Waals surface area contributed by atoms with E-state index in [0.29, 0.717) is 11.5 Å². The van der Waals surface area contributed by atoms with Crippen LogP contribution in [0.15, 0.2) is 12.3 Å². The van der Waals surface area contributed by atoms with Gasteiger partial charge in [-0.15, -0.1) is 10.2 Å². The molecule has 0 fully saturated rings. The van der Waals surface area contributed by atoms with Crippen LogP contribution in [0.1, 0.15) is 43.9 Å². The number of aromatic carboxylic acids is 1. The molecule has 0 aliphatic carbocycles. The van der Waals surface area contributed by atoms with Gasteiger partial charge in [-0.25, -0.2) is 4.79 Å². The molecule has 2 heterocycles. The van der Waals surface area contributed by atoms with Crippen molar-refractivity contribution in [1.29, 1.82) is 0 Å². The van der Waals surface area contributed by atoms with E-state index in [9.17, 15) is 4.79 Å². The maximum absolute atomic E-state index is 10.6. The van der Waals surface area contributed by atoms with Crippen molar-refractivity contribution in [3.8, 4) is 0 Å².